The standard InChI is InChI=1S/C18H27FN2O3S/c1-14(2)12-17(18(22)21-10-4-3-5-11-21)20-25(23,24)13-15-6-8-16(19)9-7-15/h6-9,14,17,20H,3-5,10-13H2,1-2H3/t17-/m0/s1. The van der Waals surface area contributed by atoms with Crippen LogP contribution >= 0.6 is 0 Å². The first-order valence-electron chi connectivity index (χ1n) is 8.80. The van der Waals surface area contributed by atoms with Crippen LogP contribution in [0.1, 0.15) is 45.1 Å². The van der Waals surface area contributed by atoms with Gasteiger partial charge in [-0.2, -0.15) is 0 Å². The average molecular weight is 370 g/mol. The van der Waals surface area contributed by atoms with E-state index in [2.05, 4.69) is 4.72 Å². The molecule has 1 fully saturated rings. The third-order valence-electron chi connectivity index (χ3n) is 4.26. The fourth-order valence-electron chi connectivity index (χ4n) is 3.06. The molecule has 0 saturated carbocycles. The van der Waals surface area contributed by atoms with Crippen molar-refractivity contribution in [2.75, 3.05) is 13.1 Å². The van der Waals surface area contributed by atoms with Gasteiger partial charge in [0.2, 0.25) is 15.9 Å². The van der Waals surface area contributed by atoms with Gasteiger partial charge in [-0.1, -0.05) is 26.0 Å². The lowest BCUT2D eigenvalue weighted by molar-refractivity contribution is -0.134. The van der Waals surface area contributed by atoms with E-state index in [9.17, 15) is 17.6 Å². The molecular formula is C18H27FN2O3S. The minimum absolute atomic E-state index is 0.143. The van der Waals surface area contributed by atoms with Gasteiger partial charge < -0.3 is 4.90 Å². The molecule has 140 valence electrons. The number of halogens is 1. The third-order valence-corrected chi connectivity index (χ3v) is 5.62. The van der Waals surface area contributed by atoms with Crippen molar-refractivity contribution >= 4 is 15.9 Å². The number of carbonyl (C=O) groups excluding carboxylic acids is 1. The molecule has 1 atom stereocenters. The summed E-state index contributed by atoms with van der Waals surface area (Å²) in [6, 6.07) is 4.60. The quantitative estimate of drug-likeness (QED) is 0.802. The van der Waals surface area contributed by atoms with Crippen molar-refractivity contribution in [3.05, 3.63) is 35.6 Å². The van der Waals surface area contributed by atoms with Gasteiger partial charge in [-0.15, -0.1) is 0 Å². The van der Waals surface area contributed by atoms with Gasteiger partial charge in [0.1, 0.15) is 11.9 Å². The van der Waals surface area contributed by atoms with Crippen LogP contribution < -0.4 is 4.72 Å². The number of benzene rings is 1. The maximum Gasteiger partial charge on any atom is 0.240 e. The molecule has 1 saturated heterocycles. The van der Waals surface area contributed by atoms with Crippen molar-refractivity contribution in [1.29, 1.82) is 0 Å². The molecule has 5 nitrogen and oxygen atoms in total. The molecule has 0 bridgehead atoms. The fraction of sp³-hybridized carbons (Fsp3) is 0.611. The average Bonchev–Trinajstić information content (AvgIpc) is 2.55. The fourth-order valence-corrected chi connectivity index (χ4v) is 4.41. The number of likely N-dealkylation sites (tertiary alicyclic amines) is 1. The number of amides is 1. The van der Waals surface area contributed by atoms with E-state index in [0.717, 1.165) is 19.3 Å². The topological polar surface area (TPSA) is 66.5 Å². The van der Waals surface area contributed by atoms with Crippen LogP contribution in [0.15, 0.2) is 24.3 Å². The summed E-state index contributed by atoms with van der Waals surface area (Å²) in [6.07, 6.45) is 3.48. The Hall–Kier alpha value is -1.47. The summed E-state index contributed by atoms with van der Waals surface area (Å²) < 4.78 is 40.5. The van der Waals surface area contributed by atoms with E-state index in [0.29, 0.717) is 25.1 Å². The zero-order valence-electron chi connectivity index (χ0n) is 14.9. The van der Waals surface area contributed by atoms with Gasteiger partial charge in [0.15, 0.2) is 0 Å². The summed E-state index contributed by atoms with van der Waals surface area (Å²) in [5, 5.41) is 0. The van der Waals surface area contributed by atoms with Crippen molar-refractivity contribution in [3.63, 3.8) is 0 Å². The first-order chi connectivity index (χ1) is 11.8. The number of rotatable bonds is 7. The lowest BCUT2D eigenvalue weighted by Crippen LogP contribution is -2.50. The molecule has 1 N–H and O–H groups in total. The number of nitrogens with zero attached hydrogens (tertiary/aromatic N) is 1. The lowest BCUT2D eigenvalue weighted by Gasteiger charge is -2.31. The Morgan fingerprint density at radius 2 is 1.76 bits per heavy atom. The van der Waals surface area contributed by atoms with Crippen molar-refractivity contribution in [2.45, 2.75) is 51.3 Å². The van der Waals surface area contributed by atoms with Crippen LogP contribution in [0, 0.1) is 11.7 Å². The van der Waals surface area contributed by atoms with E-state index in [-0.39, 0.29) is 17.6 Å². The second-order valence-electron chi connectivity index (χ2n) is 7.07. The third kappa shape index (κ3) is 6.40. The Balaban J connectivity index is 2.08. The zero-order chi connectivity index (χ0) is 18.4. The van der Waals surface area contributed by atoms with Gasteiger partial charge >= 0.3 is 0 Å². The minimum Gasteiger partial charge on any atom is -0.341 e. The number of hydrogen-bond donors (Lipinski definition) is 1. The first kappa shape index (κ1) is 19.8. The maximum absolute atomic E-state index is 13.0. The highest BCUT2D eigenvalue weighted by atomic mass is 32.2. The molecule has 0 unspecified atom stereocenters. The van der Waals surface area contributed by atoms with Crippen molar-refractivity contribution < 1.29 is 17.6 Å². The van der Waals surface area contributed by atoms with E-state index in [1.807, 2.05) is 13.8 Å². The van der Waals surface area contributed by atoms with Gasteiger partial charge in [0.25, 0.3) is 0 Å². The Morgan fingerprint density at radius 3 is 2.32 bits per heavy atom. The molecule has 0 spiro atoms. The monoisotopic (exact) mass is 370 g/mol. The summed E-state index contributed by atoms with van der Waals surface area (Å²) in [7, 11) is -3.70. The number of piperidine rings is 1. The molecule has 7 heteroatoms. The molecule has 0 radical (unpaired) electrons. The highest BCUT2D eigenvalue weighted by molar-refractivity contribution is 7.88. The smallest absolute Gasteiger partial charge is 0.240 e. The van der Waals surface area contributed by atoms with Crippen LogP contribution in [0.3, 0.4) is 0 Å². The molecule has 1 amide bonds. The molecule has 1 heterocycles. The van der Waals surface area contributed by atoms with Crippen molar-refractivity contribution in [1.82, 2.24) is 9.62 Å². The number of nitrogens with one attached hydrogen (secondary N) is 1. The maximum atomic E-state index is 13.0. The summed E-state index contributed by atoms with van der Waals surface area (Å²) in [4.78, 5) is 14.5. The van der Waals surface area contributed by atoms with E-state index < -0.39 is 21.9 Å². The molecule has 1 aromatic carbocycles. The largest absolute Gasteiger partial charge is 0.341 e. The van der Waals surface area contributed by atoms with Gasteiger partial charge in [0, 0.05) is 13.1 Å². The van der Waals surface area contributed by atoms with E-state index in [4.69, 9.17) is 0 Å². The lowest BCUT2D eigenvalue weighted by atomic mass is 10.0. The molecule has 2 rings (SSSR count). The van der Waals surface area contributed by atoms with Gasteiger partial charge in [-0.05, 0) is 49.3 Å². The van der Waals surface area contributed by atoms with Crippen LogP contribution in [-0.2, 0) is 20.6 Å². The summed E-state index contributed by atoms with van der Waals surface area (Å²) in [5.74, 6) is -0.634. The van der Waals surface area contributed by atoms with E-state index in [1.54, 1.807) is 4.90 Å². The number of sulfonamides is 1. The second kappa shape index (κ2) is 8.76. The van der Waals surface area contributed by atoms with Crippen LogP contribution in [0.25, 0.3) is 0 Å². The van der Waals surface area contributed by atoms with Gasteiger partial charge in [-0.25, -0.2) is 17.5 Å². The predicted molar refractivity (Wildman–Crippen MR) is 95.8 cm³/mol. The Bertz CT molecular complexity index is 668. The van der Waals surface area contributed by atoms with Gasteiger partial charge in [0.05, 0.1) is 5.75 Å². The highest BCUT2D eigenvalue weighted by Crippen LogP contribution is 2.15. The van der Waals surface area contributed by atoms with E-state index in [1.165, 1.54) is 24.3 Å². The molecule has 0 aliphatic carbocycles. The van der Waals surface area contributed by atoms with Gasteiger partial charge in [-0.3, -0.25) is 4.79 Å². The molecule has 0 aromatic heterocycles. The van der Waals surface area contributed by atoms with Crippen LogP contribution in [-0.4, -0.2) is 38.4 Å². The van der Waals surface area contributed by atoms with Crippen LogP contribution in [0.2, 0.25) is 0 Å². The van der Waals surface area contributed by atoms with Crippen molar-refractivity contribution in [3.8, 4) is 0 Å². The molecular weight excluding hydrogens is 343 g/mol. The SMILES string of the molecule is CC(C)C[C@H](NS(=O)(=O)Cc1ccc(F)cc1)C(=O)N1CCCCC1. The van der Waals surface area contributed by atoms with E-state index >= 15 is 0 Å². The Labute approximate surface area is 149 Å². The normalized spacial score (nSPS) is 16.9. The molecule has 1 aliphatic rings. The first-order valence-corrected chi connectivity index (χ1v) is 10.5. The number of hydrogen-bond acceptors (Lipinski definition) is 3. The summed E-state index contributed by atoms with van der Waals surface area (Å²) in [5.41, 5.74) is 0.489. The second-order valence-corrected chi connectivity index (χ2v) is 8.83. The predicted octanol–water partition coefficient (Wildman–Crippen LogP) is 2.67. The summed E-state index contributed by atoms with van der Waals surface area (Å²) >= 11 is 0. The highest BCUT2D eigenvalue weighted by Gasteiger charge is 2.29. The molecule has 25 heavy (non-hydrogen) atoms. The van der Waals surface area contributed by atoms with Crippen molar-refractivity contribution in [2.24, 2.45) is 5.92 Å². The Kier molecular flexibility index (Phi) is 6.95. The minimum atomic E-state index is -3.70. The zero-order valence-corrected chi connectivity index (χ0v) is 15.7. The van der Waals surface area contributed by atoms with Crippen LogP contribution in [0.5, 0.6) is 0 Å². The van der Waals surface area contributed by atoms with Crippen LogP contribution in [0.4, 0.5) is 4.39 Å². The molecule has 1 aliphatic heterocycles. The Morgan fingerprint density at radius 1 is 1.16 bits per heavy atom. The number of carbonyl (C=O) groups is 1. The summed E-state index contributed by atoms with van der Waals surface area (Å²) in [6.45, 7) is 5.30. The molecule has 1 aromatic rings.